The Morgan fingerprint density at radius 3 is 2.00 bits per heavy atom. The molecule has 0 saturated carbocycles. The summed E-state index contributed by atoms with van der Waals surface area (Å²) < 4.78 is 0. The van der Waals surface area contributed by atoms with E-state index in [0.29, 0.717) is 5.75 Å². The largest absolute Gasteiger partial charge is 0.377 e. The molecule has 0 spiro atoms. The number of aliphatic hydroxyl groups is 1. The van der Waals surface area contributed by atoms with Crippen LogP contribution in [0.25, 0.3) is 0 Å². The topological polar surface area (TPSA) is 72.3 Å². The summed E-state index contributed by atoms with van der Waals surface area (Å²) in [6.45, 7) is 0. The van der Waals surface area contributed by atoms with Crippen molar-refractivity contribution in [2.45, 2.75) is 12.3 Å². The standard InChI is InChI=1S/C3H10N2OS/c4-2(1-7)3(5)6/h2-3,6-7H,1,4-5H2/t2-,3-/m0/s1. The minimum Gasteiger partial charge on any atom is -0.377 e. The van der Waals surface area contributed by atoms with Crippen LogP contribution in [0, 0.1) is 0 Å². The highest BCUT2D eigenvalue weighted by molar-refractivity contribution is 7.80. The number of hydrogen-bond donors (Lipinski definition) is 4. The van der Waals surface area contributed by atoms with Gasteiger partial charge in [-0.05, 0) is 0 Å². The molecule has 0 unspecified atom stereocenters. The molecule has 0 heterocycles. The van der Waals surface area contributed by atoms with Crippen LogP contribution in [0.3, 0.4) is 0 Å². The van der Waals surface area contributed by atoms with Gasteiger partial charge in [0, 0.05) is 5.75 Å². The van der Waals surface area contributed by atoms with E-state index < -0.39 is 12.3 Å². The molecule has 4 heteroatoms. The lowest BCUT2D eigenvalue weighted by Gasteiger charge is -2.09. The van der Waals surface area contributed by atoms with Gasteiger partial charge in [-0.1, -0.05) is 0 Å². The van der Waals surface area contributed by atoms with Gasteiger partial charge < -0.3 is 16.6 Å². The van der Waals surface area contributed by atoms with Crippen molar-refractivity contribution in [2.24, 2.45) is 11.5 Å². The van der Waals surface area contributed by atoms with E-state index in [1.54, 1.807) is 0 Å². The highest BCUT2D eigenvalue weighted by Crippen LogP contribution is 1.83. The maximum atomic E-state index is 8.42. The number of hydrogen-bond acceptors (Lipinski definition) is 4. The Kier molecular flexibility index (Phi) is 3.37. The fraction of sp³-hybridized carbons (Fsp3) is 1.00. The molecule has 0 aromatic heterocycles. The van der Waals surface area contributed by atoms with Crippen LogP contribution in [0.4, 0.5) is 0 Å². The van der Waals surface area contributed by atoms with E-state index in [2.05, 4.69) is 12.6 Å². The minimum atomic E-state index is -0.933. The molecule has 0 bridgehead atoms. The van der Waals surface area contributed by atoms with E-state index in [0.717, 1.165) is 0 Å². The molecule has 0 fully saturated rings. The molecule has 44 valence electrons. The minimum absolute atomic E-state index is 0.400. The van der Waals surface area contributed by atoms with Gasteiger partial charge in [-0.3, -0.25) is 0 Å². The molecule has 0 rings (SSSR count). The van der Waals surface area contributed by atoms with Gasteiger partial charge in [0.25, 0.3) is 0 Å². The quantitative estimate of drug-likeness (QED) is 0.267. The Balaban J connectivity index is 3.14. The molecule has 0 saturated heterocycles. The van der Waals surface area contributed by atoms with Crippen molar-refractivity contribution in [3.05, 3.63) is 0 Å². The van der Waals surface area contributed by atoms with E-state index in [1.807, 2.05) is 0 Å². The smallest absolute Gasteiger partial charge is 0.118 e. The highest BCUT2D eigenvalue weighted by atomic mass is 32.1. The van der Waals surface area contributed by atoms with Gasteiger partial charge >= 0.3 is 0 Å². The van der Waals surface area contributed by atoms with Gasteiger partial charge in [0.15, 0.2) is 0 Å². The lowest BCUT2D eigenvalue weighted by atomic mass is 10.3. The van der Waals surface area contributed by atoms with Gasteiger partial charge in [-0.25, -0.2) is 0 Å². The van der Waals surface area contributed by atoms with Crippen LogP contribution in [-0.2, 0) is 0 Å². The summed E-state index contributed by atoms with van der Waals surface area (Å²) in [7, 11) is 0. The summed E-state index contributed by atoms with van der Waals surface area (Å²) in [6, 6.07) is -0.400. The van der Waals surface area contributed by atoms with Gasteiger partial charge in [-0.15, -0.1) is 0 Å². The first-order chi connectivity index (χ1) is 3.18. The van der Waals surface area contributed by atoms with Crippen molar-refractivity contribution in [3.63, 3.8) is 0 Å². The van der Waals surface area contributed by atoms with E-state index in [1.165, 1.54) is 0 Å². The summed E-state index contributed by atoms with van der Waals surface area (Å²) in [5, 5.41) is 8.42. The Morgan fingerprint density at radius 2 is 2.00 bits per heavy atom. The van der Waals surface area contributed by atoms with Gasteiger partial charge in [0.2, 0.25) is 0 Å². The van der Waals surface area contributed by atoms with Crippen LogP contribution in [0.2, 0.25) is 0 Å². The number of nitrogens with two attached hydrogens (primary N) is 2. The predicted molar refractivity (Wildman–Crippen MR) is 32.0 cm³/mol. The lowest BCUT2D eigenvalue weighted by molar-refractivity contribution is 0.160. The van der Waals surface area contributed by atoms with Crippen molar-refractivity contribution in [3.8, 4) is 0 Å². The second-order valence-corrected chi connectivity index (χ2v) is 1.70. The molecule has 0 aliphatic carbocycles. The van der Waals surface area contributed by atoms with Crippen LogP contribution in [0.15, 0.2) is 0 Å². The molecule has 0 aliphatic rings. The van der Waals surface area contributed by atoms with E-state index in [4.69, 9.17) is 16.6 Å². The Bertz CT molecular complexity index is 50.2. The molecule has 7 heavy (non-hydrogen) atoms. The Hall–Kier alpha value is 0.230. The van der Waals surface area contributed by atoms with Crippen molar-refractivity contribution in [2.75, 3.05) is 5.75 Å². The van der Waals surface area contributed by atoms with Crippen molar-refractivity contribution in [1.29, 1.82) is 0 Å². The summed E-state index contributed by atoms with van der Waals surface area (Å²) in [6.07, 6.45) is -0.933. The highest BCUT2D eigenvalue weighted by Gasteiger charge is 2.04. The zero-order valence-electron chi connectivity index (χ0n) is 3.91. The number of rotatable bonds is 2. The average Bonchev–Trinajstić information content (AvgIpc) is 1.65. The lowest BCUT2D eigenvalue weighted by Crippen LogP contribution is -2.42. The first kappa shape index (κ1) is 7.23. The van der Waals surface area contributed by atoms with Crippen molar-refractivity contribution < 1.29 is 5.11 Å². The monoisotopic (exact) mass is 122 g/mol. The molecule has 0 radical (unpaired) electrons. The number of aliphatic hydroxyl groups excluding tert-OH is 1. The molecule has 3 nitrogen and oxygen atoms in total. The van der Waals surface area contributed by atoms with E-state index >= 15 is 0 Å². The van der Waals surface area contributed by atoms with E-state index in [9.17, 15) is 0 Å². The van der Waals surface area contributed by atoms with Gasteiger partial charge in [0.1, 0.15) is 6.23 Å². The second-order valence-electron chi connectivity index (χ2n) is 1.34. The van der Waals surface area contributed by atoms with Crippen molar-refractivity contribution >= 4 is 12.6 Å². The fourth-order valence-corrected chi connectivity index (χ4v) is 0.324. The third-order valence-electron chi connectivity index (χ3n) is 0.649. The van der Waals surface area contributed by atoms with Crippen LogP contribution >= 0.6 is 12.6 Å². The first-order valence-electron chi connectivity index (χ1n) is 1.98. The third kappa shape index (κ3) is 2.87. The normalized spacial score (nSPS) is 18.9. The molecular formula is C3H10N2OS. The molecule has 2 atom stereocenters. The molecule has 0 aliphatic heterocycles. The number of thiol groups is 1. The SMILES string of the molecule is N[C@@H](O)[C@@H](N)CS. The second kappa shape index (κ2) is 3.26. The molecular weight excluding hydrogens is 112 g/mol. The molecule has 0 amide bonds. The zero-order valence-corrected chi connectivity index (χ0v) is 4.81. The van der Waals surface area contributed by atoms with Gasteiger partial charge in [-0.2, -0.15) is 12.6 Å². The third-order valence-corrected chi connectivity index (χ3v) is 1.07. The predicted octanol–water partition coefficient (Wildman–Crippen LogP) is -1.48. The average molecular weight is 122 g/mol. The van der Waals surface area contributed by atoms with Crippen LogP contribution in [0.1, 0.15) is 0 Å². The Labute approximate surface area is 48.1 Å². The van der Waals surface area contributed by atoms with Crippen LogP contribution in [0.5, 0.6) is 0 Å². The van der Waals surface area contributed by atoms with Crippen LogP contribution in [-0.4, -0.2) is 23.1 Å². The molecule has 0 aromatic rings. The maximum absolute atomic E-state index is 8.42. The fourth-order valence-electron chi connectivity index (χ4n) is 0.108. The summed E-state index contributed by atoms with van der Waals surface area (Å²) in [4.78, 5) is 0. The van der Waals surface area contributed by atoms with Crippen molar-refractivity contribution in [1.82, 2.24) is 0 Å². The summed E-state index contributed by atoms with van der Waals surface area (Å²) in [5.74, 6) is 0.414. The maximum Gasteiger partial charge on any atom is 0.118 e. The summed E-state index contributed by atoms with van der Waals surface area (Å²) in [5.41, 5.74) is 10.1. The molecule has 5 N–H and O–H groups in total. The first-order valence-corrected chi connectivity index (χ1v) is 2.62. The Morgan fingerprint density at radius 1 is 1.57 bits per heavy atom. The van der Waals surface area contributed by atoms with Crippen LogP contribution < -0.4 is 11.5 Å². The molecule has 0 aromatic carbocycles. The van der Waals surface area contributed by atoms with Gasteiger partial charge in [0.05, 0.1) is 6.04 Å². The zero-order chi connectivity index (χ0) is 5.86. The van der Waals surface area contributed by atoms with E-state index in [-0.39, 0.29) is 0 Å². The summed E-state index contributed by atoms with van der Waals surface area (Å²) >= 11 is 3.79.